The number of carbonyl (C=O) groups is 1. The summed E-state index contributed by atoms with van der Waals surface area (Å²) >= 11 is 0. The summed E-state index contributed by atoms with van der Waals surface area (Å²) in [5.74, 6) is 0. The van der Waals surface area contributed by atoms with Gasteiger partial charge in [0.1, 0.15) is 0 Å². The average molecular weight is 154 g/mol. The Hall–Kier alpha value is -0.730. The van der Waals surface area contributed by atoms with E-state index < -0.39 is 0 Å². The Kier molecular flexibility index (Phi) is 1.34. The van der Waals surface area contributed by atoms with E-state index in [4.69, 9.17) is 0 Å². The van der Waals surface area contributed by atoms with Gasteiger partial charge in [-0.1, -0.05) is 0 Å². The van der Waals surface area contributed by atoms with E-state index in [-0.39, 0.29) is 6.03 Å². The van der Waals surface area contributed by atoms with Gasteiger partial charge in [0.2, 0.25) is 0 Å². The second kappa shape index (κ2) is 2.13. The molecule has 1 aliphatic carbocycles. The molecule has 3 heteroatoms. The molecule has 2 amide bonds. The zero-order valence-electron chi connectivity index (χ0n) is 6.89. The Morgan fingerprint density at radius 3 is 2.64 bits per heavy atom. The number of hydrogen-bond acceptors (Lipinski definition) is 1. The standard InChI is InChI=1S/C8H14N2O/c1-9-7(11)10-5-4-8(6-10)2-3-8/h2-6H2,1H3,(H,9,11). The van der Waals surface area contributed by atoms with Gasteiger partial charge in [0.15, 0.2) is 0 Å². The number of rotatable bonds is 0. The number of likely N-dealkylation sites (tertiary alicyclic amines) is 1. The summed E-state index contributed by atoms with van der Waals surface area (Å²) in [6.07, 6.45) is 3.89. The van der Waals surface area contributed by atoms with E-state index in [0.717, 1.165) is 13.1 Å². The van der Waals surface area contributed by atoms with Crippen molar-refractivity contribution < 1.29 is 4.79 Å². The van der Waals surface area contributed by atoms with E-state index in [1.54, 1.807) is 7.05 Å². The number of hydrogen-bond donors (Lipinski definition) is 1. The van der Waals surface area contributed by atoms with Crippen LogP contribution in [0.4, 0.5) is 4.79 Å². The number of nitrogens with zero attached hydrogens (tertiary/aromatic N) is 1. The van der Waals surface area contributed by atoms with Crippen LogP contribution in [0.25, 0.3) is 0 Å². The van der Waals surface area contributed by atoms with E-state index in [0.29, 0.717) is 5.41 Å². The lowest BCUT2D eigenvalue weighted by atomic mass is 10.1. The minimum Gasteiger partial charge on any atom is -0.341 e. The number of amides is 2. The fourth-order valence-electron chi connectivity index (χ4n) is 1.85. The second-order valence-corrected chi connectivity index (χ2v) is 3.73. The van der Waals surface area contributed by atoms with Gasteiger partial charge in [0.25, 0.3) is 0 Å². The van der Waals surface area contributed by atoms with Crippen molar-refractivity contribution in [1.82, 2.24) is 10.2 Å². The monoisotopic (exact) mass is 154 g/mol. The van der Waals surface area contributed by atoms with Crippen LogP contribution in [0.5, 0.6) is 0 Å². The van der Waals surface area contributed by atoms with E-state index in [9.17, 15) is 4.79 Å². The summed E-state index contributed by atoms with van der Waals surface area (Å²) in [7, 11) is 1.69. The molecular weight excluding hydrogens is 140 g/mol. The number of carbonyl (C=O) groups excluding carboxylic acids is 1. The van der Waals surface area contributed by atoms with Crippen molar-refractivity contribution in [2.75, 3.05) is 20.1 Å². The molecule has 0 aromatic heterocycles. The first-order valence-corrected chi connectivity index (χ1v) is 4.22. The second-order valence-electron chi connectivity index (χ2n) is 3.73. The fraction of sp³-hybridized carbons (Fsp3) is 0.875. The molecule has 1 heterocycles. The van der Waals surface area contributed by atoms with Gasteiger partial charge in [0.05, 0.1) is 0 Å². The van der Waals surface area contributed by atoms with Crippen LogP contribution in [0, 0.1) is 5.41 Å². The molecule has 2 fully saturated rings. The van der Waals surface area contributed by atoms with Crippen molar-refractivity contribution in [2.45, 2.75) is 19.3 Å². The maximum atomic E-state index is 11.1. The van der Waals surface area contributed by atoms with Crippen LogP contribution in [0.15, 0.2) is 0 Å². The van der Waals surface area contributed by atoms with Gasteiger partial charge in [-0.3, -0.25) is 0 Å². The SMILES string of the molecule is CNC(=O)N1CCC2(CC2)C1. The first-order valence-electron chi connectivity index (χ1n) is 4.22. The van der Waals surface area contributed by atoms with Crippen LogP contribution in [0.3, 0.4) is 0 Å². The van der Waals surface area contributed by atoms with Crippen molar-refractivity contribution in [3.05, 3.63) is 0 Å². The maximum absolute atomic E-state index is 11.1. The third kappa shape index (κ3) is 1.08. The predicted molar refractivity (Wildman–Crippen MR) is 42.3 cm³/mol. The lowest BCUT2D eigenvalue weighted by molar-refractivity contribution is 0.209. The molecule has 3 nitrogen and oxygen atoms in total. The molecule has 62 valence electrons. The third-order valence-corrected chi connectivity index (χ3v) is 2.90. The van der Waals surface area contributed by atoms with Gasteiger partial charge in [-0.15, -0.1) is 0 Å². The van der Waals surface area contributed by atoms with Gasteiger partial charge in [-0.2, -0.15) is 0 Å². The van der Waals surface area contributed by atoms with Gasteiger partial charge >= 0.3 is 6.03 Å². The first kappa shape index (κ1) is 6.95. The van der Waals surface area contributed by atoms with Crippen molar-refractivity contribution >= 4 is 6.03 Å². The zero-order chi connectivity index (χ0) is 7.90. The zero-order valence-corrected chi connectivity index (χ0v) is 6.89. The molecule has 1 saturated carbocycles. The highest BCUT2D eigenvalue weighted by atomic mass is 16.2. The predicted octanol–water partition coefficient (Wildman–Crippen LogP) is 0.812. The molecule has 0 atom stereocenters. The van der Waals surface area contributed by atoms with Crippen molar-refractivity contribution in [3.8, 4) is 0 Å². The molecule has 1 spiro atoms. The van der Waals surface area contributed by atoms with Crippen molar-refractivity contribution in [2.24, 2.45) is 5.41 Å². The molecule has 0 bridgehead atoms. The topological polar surface area (TPSA) is 32.3 Å². The van der Waals surface area contributed by atoms with Crippen molar-refractivity contribution in [3.63, 3.8) is 0 Å². The Bertz CT molecular complexity index is 187. The maximum Gasteiger partial charge on any atom is 0.317 e. The van der Waals surface area contributed by atoms with E-state index in [1.165, 1.54) is 19.3 Å². The summed E-state index contributed by atoms with van der Waals surface area (Å²) in [4.78, 5) is 13.1. The summed E-state index contributed by atoms with van der Waals surface area (Å²) in [6.45, 7) is 1.95. The Balaban J connectivity index is 1.94. The lowest BCUT2D eigenvalue weighted by Crippen LogP contribution is -2.36. The van der Waals surface area contributed by atoms with Gasteiger partial charge in [-0.25, -0.2) is 4.79 Å². The summed E-state index contributed by atoms with van der Waals surface area (Å²) in [5.41, 5.74) is 0.562. The molecule has 0 radical (unpaired) electrons. The Morgan fingerprint density at radius 1 is 1.45 bits per heavy atom. The van der Waals surface area contributed by atoms with Crippen molar-refractivity contribution in [1.29, 1.82) is 0 Å². The molecule has 2 aliphatic rings. The summed E-state index contributed by atoms with van der Waals surface area (Å²) in [6, 6.07) is 0.0915. The number of nitrogens with one attached hydrogen (secondary N) is 1. The largest absolute Gasteiger partial charge is 0.341 e. The van der Waals surface area contributed by atoms with E-state index >= 15 is 0 Å². The normalized spacial score (nSPS) is 25.7. The molecule has 11 heavy (non-hydrogen) atoms. The molecule has 0 unspecified atom stereocenters. The molecule has 0 aromatic rings. The molecule has 1 saturated heterocycles. The van der Waals surface area contributed by atoms with Gasteiger partial charge < -0.3 is 10.2 Å². The average Bonchev–Trinajstić information content (AvgIpc) is 2.61. The Morgan fingerprint density at radius 2 is 2.18 bits per heavy atom. The quantitative estimate of drug-likeness (QED) is 0.550. The third-order valence-electron chi connectivity index (χ3n) is 2.90. The van der Waals surface area contributed by atoms with Gasteiger partial charge in [0, 0.05) is 20.1 Å². The van der Waals surface area contributed by atoms with Crippen LogP contribution >= 0.6 is 0 Å². The summed E-state index contributed by atoms with van der Waals surface area (Å²) in [5, 5.41) is 2.66. The van der Waals surface area contributed by atoms with Crippen LogP contribution in [-0.2, 0) is 0 Å². The Labute approximate surface area is 66.8 Å². The highest BCUT2D eigenvalue weighted by Gasteiger charge is 2.48. The van der Waals surface area contributed by atoms with Crippen LogP contribution in [0.1, 0.15) is 19.3 Å². The summed E-state index contributed by atoms with van der Waals surface area (Å²) < 4.78 is 0. The fourth-order valence-corrected chi connectivity index (χ4v) is 1.85. The van der Waals surface area contributed by atoms with E-state index in [1.807, 2.05) is 4.90 Å². The molecule has 1 aliphatic heterocycles. The molecule has 0 aromatic carbocycles. The minimum absolute atomic E-state index is 0.0915. The molecule has 2 rings (SSSR count). The first-order chi connectivity index (χ1) is 5.26. The van der Waals surface area contributed by atoms with E-state index in [2.05, 4.69) is 5.32 Å². The molecular formula is C8H14N2O. The smallest absolute Gasteiger partial charge is 0.317 e. The number of urea groups is 1. The minimum atomic E-state index is 0.0915. The lowest BCUT2D eigenvalue weighted by Gasteiger charge is -2.14. The van der Waals surface area contributed by atoms with Crippen LogP contribution in [-0.4, -0.2) is 31.1 Å². The van der Waals surface area contributed by atoms with Crippen LogP contribution in [0.2, 0.25) is 0 Å². The highest BCUT2D eigenvalue weighted by Crippen LogP contribution is 2.52. The van der Waals surface area contributed by atoms with Crippen LogP contribution < -0.4 is 5.32 Å². The van der Waals surface area contributed by atoms with Gasteiger partial charge in [-0.05, 0) is 24.7 Å². The highest BCUT2D eigenvalue weighted by molar-refractivity contribution is 5.74. The molecule has 1 N–H and O–H groups in total.